The summed E-state index contributed by atoms with van der Waals surface area (Å²) in [7, 11) is 0. The van der Waals surface area contributed by atoms with Gasteiger partial charge >= 0.3 is 0 Å². The number of thiophene rings is 1. The van der Waals surface area contributed by atoms with Crippen LogP contribution in [0.2, 0.25) is 0 Å². The molecule has 0 saturated carbocycles. The van der Waals surface area contributed by atoms with Gasteiger partial charge in [0.1, 0.15) is 0 Å². The van der Waals surface area contributed by atoms with Crippen molar-refractivity contribution >= 4 is 23.1 Å². The molecule has 1 aliphatic heterocycles. The lowest BCUT2D eigenvalue weighted by Gasteiger charge is -2.11. The van der Waals surface area contributed by atoms with Gasteiger partial charge in [0.05, 0.1) is 0 Å². The first-order valence-electron chi connectivity index (χ1n) is 7.43. The summed E-state index contributed by atoms with van der Waals surface area (Å²) in [5, 5.41) is 3.67. The maximum atomic E-state index is 3.67. The van der Waals surface area contributed by atoms with Gasteiger partial charge in [-0.15, -0.1) is 23.1 Å². The Balaban J connectivity index is 1.35. The minimum Gasteiger partial charge on any atom is -0.311 e. The number of benzene rings is 1. The van der Waals surface area contributed by atoms with Crippen LogP contribution in [0.1, 0.15) is 33.2 Å². The molecule has 0 radical (unpaired) electrons. The summed E-state index contributed by atoms with van der Waals surface area (Å²) in [6.45, 7) is 2.15. The van der Waals surface area contributed by atoms with Crippen LogP contribution >= 0.6 is 23.1 Å². The van der Waals surface area contributed by atoms with Crippen molar-refractivity contribution in [2.75, 3.05) is 12.3 Å². The summed E-state index contributed by atoms with van der Waals surface area (Å²) in [5.41, 5.74) is 3.16. The molecule has 1 unspecified atom stereocenters. The molecule has 0 bridgehead atoms. The summed E-state index contributed by atoms with van der Waals surface area (Å²) in [4.78, 5) is 4.65. The topological polar surface area (TPSA) is 12.0 Å². The molecule has 0 amide bonds. The minimum absolute atomic E-state index is 0.683. The molecule has 1 aromatic heterocycles. The fraction of sp³-hybridized carbons (Fsp3) is 0.412. The molecule has 1 N–H and O–H groups in total. The molecule has 1 aromatic carbocycles. The zero-order valence-corrected chi connectivity index (χ0v) is 13.2. The summed E-state index contributed by atoms with van der Waals surface area (Å²) in [5.74, 6) is 1.91. The Morgan fingerprint density at radius 1 is 1.20 bits per heavy atom. The first kappa shape index (κ1) is 12.9. The molecular weight excluding hydrogens is 282 g/mol. The van der Waals surface area contributed by atoms with Crippen LogP contribution in [-0.4, -0.2) is 12.3 Å². The van der Waals surface area contributed by atoms with Crippen LogP contribution in [-0.2, 0) is 19.4 Å². The predicted octanol–water partition coefficient (Wildman–Crippen LogP) is 4.22. The third kappa shape index (κ3) is 2.43. The maximum absolute atomic E-state index is 3.67. The van der Waals surface area contributed by atoms with Gasteiger partial charge in [0, 0.05) is 39.4 Å². The minimum atomic E-state index is 0.683. The lowest BCUT2D eigenvalue weighted by molar-refractivity contribution is 0.625. The Labute approximate surface area is 128 Å². The van der Waals surface area contributed by atoms with E-state index in [4.69, 9.17) is 0 Å². The van der Waals surface area contributed by atoms with Crippen molar-refractivity contribution < 1.29 is 0 Å². The van der Waals surface area contributed by atoms with Gasteiger partial charge < -0.3 is 5.32 Å². The summed E-state index contributed by atoms with van der Waals surface area (Å²) in [6.07, 6.45) is 3.98. The van der Waals surface area contributed by atoms with Crippen LogP contribution in [0.5, 0.6) is 0 Å². The molecule has 20 heavy (non-hydrogen) atoms. The molecule has 2 heterocycles. The third-order valence-electron chi connectivity index (χ3n) is 4.29. The Kier molecular flexibility index (Phi) is 3.59. The van der Waals surface area contributed by atoms with Crippen LogP contribution in [0.25, 0.3) is 0 Å². The van der Waals surface area contributed by atoms with Crippen molar-refractivity contribution in [3.8, 4) is 0 Å². The van der Waals surface area contributed by atoms with E-state index in [0.29, 0.717) is 5.92 Å². The van der Waals surface area contributed by atoms with E-state index in [1.54, 1.807) is 16.0 Å². The quantitative estimate of drug-likeness (QED) is 0.907. The molecule has 2 aromatic rings. The fourth-order valence-corrected chi connectivity index (χ4v) is 5.73. The van der Waals surface area contributed by atoms with E-state index >= 15 is 0 Å². The Morgan fingerprint density at radius 2 is 2.15 bits per heavy atom. The van der Waals surface area contributed by atoms with Gasteiger partial charge in [0.25, 0.3) is 0 Å². The van der Waals surface area contributed by atoms with Gasteiger partial charge in [-0.25, -0.2) is 0 Å². The van der Waals surface area contributed by atoms with Gasteiger partial charge in [-0.3, -0.25) is 0 Å². The van der Waals surface area contributed by atoms with Crippen molar-refractivity contribution in [1.82, 2.24) is 5.32 Å². The number of aryl methyl sites for hydroxylation is 2. The zero-order chi connectivity index (χ0) is 13.4. The van der Waals surface area contributed by atoms with E-state index < -0.39 is 0 Å². The van der Waals surface area contributed by atoms with Gasteiger partial charge in [-0.1, -0.05) is 18.2 Å². The zero-order valence-electron chi connectivity index (χ0n) is 11.5. The first-order valence-corrected chi connectivity index (χ1v) is 9.23. The van der Waals surface area contributed by atoms with Crippen LogP contribution < -0.4 is 5.32 Å². The van der Waals surface area contributed by atoms with Crippen LogP contribution in [0.15, 0.2) is 35.2 Å². The number of hydrogen-bond donors (Lipinski definition) is 1. The first-order chi connectivity index (χ1) is 9.90. The highest BCUT2D eigenvalue weighted by atomic mass is 32.2. The maximum Gasteiger partial charge on any atom is 0.0300 e. The Hall–Kier alpha value is -0.770. The van der Waals surface area contributed by atoms with Gasteiger partial charge in [-0.05, 0) is 42.5 Å². The van der Waals surface area contributed by atoms with Gasteiger partial charge in [0.15, 0.2) is 0 Å². The second kappa shape index (κ2) is 5.55. The molecule has 0 saturated heterocycles. The molecule has 1 atom stereocenters. The van der Waals surface area contributed by atoms with Gasteiger partial charge in [0.2, 0.25) is 0 Å². The Morgan fingerprint density at radius 3 is 3.10 bits per heavy atom. The molecule has 1 aliphatic carbocycles. The summed E-state index contributed by atoms with van der Waals surface area (Å²) < 4.78 is 0. The number of hydrogen-bond acceptors (Lipinski definition) is 3. The van der Waals surface area contributed by atoms with Crippen LogP contribution in [0.4, 0.5) is 0 Å². The lowest BCUT2D eigenvalue weighted by Crippen LogP contribution is -2.20. The molecule has 3 heteroatoms. The average Bonchev–Trinajstić information content (AvgIpc) is 3.13. The SMILES string of the molecule is c1ccc2c(c1)SCC2CNCc1cc2c(s1)CCC2. The highest BCUT2D eigenvalue weighted by molar-refractivity contribution is 7.99. The van der Waals surface area contributed by atoms with E-state index in [1.165, 1.54) is 34.8 Å². The van der Waals surface area contributed by atoms with Crippen molar-refractivity contribution in [2.24, 2.45) is 0 Å². The van der Waals surface area contributed by atoms with Crippen molar-refractivity contribution in [2.45, 2.75) is 36.6 Å². The number of thioether (sulfide) groups is 1. The highest BCUT2D eigenvalue weighted by Crippen LogP contribution is 2.39. The Bertz CT molecular complexity index is 596. The molecule has 4 rings (SSSR count). The molecule has 0 fully saturated rings. The van der Waals surface area contributed by atoms with Crippen molar-refractivity contribution in [3.63, 3.8) is 0 Å². The second-order valence-electron chi connectivity index (χ2n) is 5.69. The molecule has 2 aliphatic rings. The predicted molar refractivity (Wildman–Crippen MR) is 88.0 cm³/mol. The van der Waals surface area contributed by atoms with Gasteiger partial charge in [-0.2, -0.15) is 0 Å². The van der Waals surface area contributed by atoms with Crippen molar-refractivity contribution in [1.29, 1.82) is 0 Å². The number of nitrogens with one attached hydrogen (secondary N) is 1. The second-order valence-corrected chi connectivity index (χ2v) is 7.97. The molecule has 1 nitrogen and oxygen atoms in total. The largest absolute Gasteiger partial charge is 0.311 e. The van der Waals surface area contributed by atoms with E-state index in [2.05, 4.69) is 35.6 Å². The highest BCUT2D eigenvalue weighted by Gasteiger charge is 2.22. The molecule has 0 spiro atoms. The van der Waals surface area contributed by atoms with E-state index in [9.17, 15) is 0 Å². The average molecular weight is 301 g/mol. The summed E-state index contributed by atoms with van der Waals surface area (Å²) in [6, 6.07) is 11.3. The van der Waals surface area contributed by atoms with Crippen molar-refractivity contribution in [3.05, 3.63) is 51.2 Å². The monoisotopic (exact) mass is 301 g/mol. The molecular formula is C17H19NS2. The fourth-order valence-electron chi connectivity index (χ4n) is 3.25. The van der Waals surface area contributed by atoms with E-state index in [0.717, 1.165) is 13.1 Å². The summed E-state index contributed by atoms with van der Waals surface area (Å²) >= 11 is 4.03. The van der Waals surface area contributed by atoms with Crippen LogP contribution in [0, 0.1) is 0 Å². The number of rotatable bonds is 4. The molecule has 104 valence electrons. The lowest BCUT2D eigenvalue weighted by atomic mass is 10.0. The van der Waals surface area contributed by atoms with E-state index in [1.807, 2.05) is 23.1 Å². The van der Waals surface area contributed by atoms with Crippen LogP contribution in [0.3, 0.4) is 0 Å². The smallest absolute Gasteiger partial charge is 0.0300 e. The number of fused-ring (bicyclic) bond motifs is 2. The normalized spacial score (nSPS) is 20.1. The van der Waals surface area contributed by atoms with E-state index in [-0.39, 0.29) is 0 Å². The standard InChI is InChI=1S/C17H19NS2/c1-2-6-17-15(5-1)13(11-19-17)9-18-10-14-8-12-4-3-7-16(12)20-14/h1-2,5-6,8,13,18H,3-4,7,9-11H2. The third-order valence-corrected chi connectivity index (χ3v) is 6.78.